The summed E-state index contributed by atoms with van der Waals surface area (Å²) >= 11 is 0. The lowest BCUT2D eigenvalue weighted by molar-refractivity contribution is 0.198. The summed E-state index contributed by atoms with van der Waals surface area (Å²) in [6, 6.07) is 5.59. The van der Waals surface area contributed by atoms with Crippen molar-refractivity contribution in [2.24, 2.45) is 0 Å². The van der Waals surface area contributed by atoms with Gasteiger partial charge in [-0.2, -0.15) is 0 Å². The number of ether oxygens (including phenoxy) is 2. The minimum absolute atomic E-state index is 0.598. The Morgan fingerprint density at radius 3 is 3.00 bits per heavy atom. The van der Waals surface area contributed by atoms with Crippen molar-refractivity contribution in [2.75, 3.05) is 27.4 Å². The average molecular weight is 236 g/mol. The minimum atomic E-state index is 0.598. The monoisotopic (exact) mass is 236 g/mol. The van der Waals surface area contributed by atoms with Crippen LogP contribution in [-0.4, -0.2) is 32.4 Å². The van der Waals surface area contributed by atoms with Crippen LogP contribution >= 0.6 is 0 Å². The van der Waals surface area contributed by atoms with Crippen LogP contribution in [0, 0.1) is 0 Å². The maximum absolute atomic E-state index is 5.60. The maximum Gasteiger partial charge on any atom is 0.209 e. The van der Waals surface area contributed by atoms with Gasteiger partial charge in [0.15, 0.2) is 5.58 Å². The first-order valence-corrected chi connectivity index (χ1v) is 5.46. The van der Waals surface area contributed by atoms with E-state index in [1.54, 1.807) is 14.2 Å². The number of nitrogens with one attached hydrogen (secondary N) is 1. The van der Waals surface area contributed by atoms with Crippen LogP contribution in [0.4, 0.5) is 0 Å². The first-order chi connectivity index (χ1) is 8.33. The van der Waals surface area contributed by atoms with E-state index in [4.69, 9.17) is 13.9 Å². The summed E-state index contributed by atoms with van der Waals surface area (Å²) in [5, 5.41) is 3.18. The van der Waals surface area contributed by atoms with E-state index in [-0.39, 0.29) is 0 Å². The van der Waals surface area contributed by atoms with E-state index in [0.29, 0.717) is 19.0 Å². The van der Waals surface area contributed by atoms with Gasteiger partial charge in [-0.25, -0.2) is 4.98 Å². The number of oxazole rings is 1. The van der Waals surface area contributed by atoms with Gasteiger partial charge >= 0.3 is 0 Å². The second-order valence-electron chi connectivity index (χ2n) is 3.61. The average Bonchev–Trinajstić information content (AvgIpc) is 2.76. The second kappa shape index (κ2) is 5.65. The number of fused-ring (bicyclic) bond motifs is 1. The fourth-order valence-electron chi connectivity index (χ4n) is 1.52. The van der Waals surface area contributed by atoms with Gasteiger partial charge in [0.1, 0.15) is 11.3 Å². The topological polar surface area (TPSA) is 56.5 Å². The molecule has 0 saturated heterocycles. The molecule has 5 nitrogen and oxygen atoms in total. The summed E-state index contributed by atoms with van der Waals surface area (Å²) in [4.78, 5) is 4.36. The number of rotatable bonds is 6. The first kappa shape index (κ1) is 11.9. The predicted octanol–water partition coefficient (Wildman–Crippen LogP) is 1.57. The number of methoxy groups -OCH3 is 2. The number of aromatic nitrogens is 1. The third kappa shape index (κ3) is 2.95. The third-order valence-corrected chi connectivity index (χ3v) is 2.40. The van der Waals surface area contributed by atoms with Crippen molar-refractivity contribution in [3.8, 4) is 5.75 Å². The Morgan fingerprint density at radius 2 is 2.24 bits per heavy atom. The Morgan fingerprint density at radius 1 is 1.35 bits per heavy atom. The first-order valence-electron chi connectivity index (χ1n) is 5.46. The zero-order valence-corrected chi connectivity index (χ0v) is 10.0. The molecule has 1 aromatic heterocycles. The molecule has 2 rings (SSSR count). The minimum Gasteiger partial charge on any atom is -0.497 e. The zero-order valence-electron chi connectivity index (χ0n) is 10.0. The lowest BCUT2D eigenvalue weighted by Gasteiger charge is -1.99. The highest BCUT2D eigenvalue weighted by atomic mass is 16.5. The summed E-state index contributed by atoms with van der Waals surface area (Å²) in [5.74, 6) is 1.44. The van der Waals surface area contributed by atoms with Gasteiger partial charge in [-0.3, -0.25) is 0 Å². The van der Waals surface area contributed by atoms with Gasteiger partial charge in [-0.05, 0) is 12.1 Å². The Kier molecular flexibility index (Phi) is 3.95. The molecule has 2 aromatic rings. The van der Waals surface area contributed by atoms with E-state index in [9.17, 15) is 0 Å². The van der Waals surface area contributed by atoms with Crippen LogP contribution in [0.25, 0.3) is 11.1 Å². The SMILES string of the molecule is COCCNCc1nc2ccc(OC)cc2o1. The molecule has 0 unspecified atom stereocenters. The highest BCUT2D eigenvalue weighted by molar-refractivity contribution is 5.74. The molecular weight excluding hydrogens is 220 g/mol. The molecule has 0 aliphatic carbocycles. The second-order valence-corrected chi connectivity index (χ2v) is 3.61. The van der Waals surface area contributed by atoms with Crippen LogP contribution in [-0.2, 0) is 11.3 Å². The van der Waals surface area contributed by atoms with Crippen molar-refractivity contribution in [3.05, 3.63) is 24.1 Å². The number of benzene rings is 1. The third-order valence-electron chi connectivity index (χ3n) is 2.40. The molecule has 5 heteroatoms. The highest BCUT2D eigenvalue weighted by Crippen LogP contribution is 2.21. The van der Waals surface area contributed by atoms with Crippen LogP contribution < -0.4 is 10.1 Å². The van der Waals surface area contributed by atoms with Crippen molar-refractivity contribution in [1.82, 2.24) is 10.3 Å². The van der Waals surface area contributed by atoms with Gasteiger partial charge in [0.05, 0.1) is 20.3 Å². The van der Waals surface area contributed by atoms with Crippen molar-refractivity contribution in [1.29, 1.82) is 0 Å². The van der Waals surface area contributed by atoms with Crippen molar-refractivity contribution >= 4 is 11.1 Å². The summed E-state index contributed by atoms with van der Waals surface area (Å²) < 4.78 is 15.7. The maximum atomic E-state index is 5.60. The van der Waals surface area contributed by atoms with Crippen LogP contribution in [0.2, 0.25) is 0 Å². The molecule has 1 heterocycles. The predicted molar refractivity (Wildman–Crippen MR) is 64.1 cm³/mol. The molecule has 92 valence electrons. The van der Waals surface area contributed by atoms with Crippen LogP contribution in [0.5, 0.6) is 5.75 Å². The zero-order chi connectivity index (χ0) is 12.1. The van der Waals surface area contributed by atoms with Gasteiger partial charge in [-0.1, -0.05) is 0 Å². The quantitative estimate of drug-likeness (QED) is 0.771. The van der Waals surface area contributed by atoms with Crippen molar-refractivity contribution < 1.29 is 13.9 Å². The van der Waals surface area contributed by atoms with Gasteiger partial charge in [0.2, 0.25) is 5.89 Å². The number of hydrogen-bond donors (Lipinski definition) is 1. The van der Waals surface area contributed by atoms with Crippen molar-refractivity contribution in [2.45, 2.75) is 6.54 Å². The number of nitrogens with zero attached hydrogens (tertiary/aromatic N) is 1. The molecule has 0 bridgehead atoms. The molecule has 1 N–H and O–H groups in total. The molecule has 0 aliphatic rings. The van der Waals surface area contributed by atoms with Crippen LogP contribution in [0.15, 0.2) is 22.6 Å². The normalized spacial score (nSPS) is 10.9. The van der Waals surface area contributed by atoms with Crippen LogP contribution in [0.1, 0.15) is 5.89 Å². The number of hydrogen-bond acceptors (Lipinski definition) is 5. The molecule has 0 aliphatic heterocycles. The van der Waals surface area contributed by atoms with E-state index in [0.717, 1.165) is 23.4 Å². The molecule has 0 saturated carbocycles. The molecule has 1 aromatic carbocycles. The summed E-state index contributed by atoms with van der Waals surface area (Å²) in [6.07, 6.45) is 0. The molecule has 0 spiro atoms. The fourth-order valence-corrected chi connectivity index (χ4v) is 1.52. The summed E-state index contributed by atoms with van der Waals surface area (Å²) in [7, 11) is 3.30. The Labute approximate surface area is 99.7 Å². The van der Waals surface area contributed by atoms with Gasteiger partial charge in [0.25, 0.3) is 0 Å². The highest BCUT2D eigenvalue weighted by Gasteiger charge is 2.06. The Bertz CT molecular complexity index is 482. The van der Waals surface area contributed by atoms with E-state index in [1.165, 1.54) is 0 Å². The molecule has 0 fully saturated rings. The molecule has 17 heavy (non-hydrogen) atoms. The van der Waals surface area contributed by atoms with Crippen LogP contribution in [0.3, 0.4) is 0 Å². The van der Waals surface area contributed by atoms with E-state index < -0.39 is 0 Å². The Hall–Kier alpha value is -1.59. The Balaban J connectivity index is 2.04. The van der Waals surface area contributed by atoms with Crippen molar-refractivity contribution in [3.63, 3.8) is 0 Å². The largest absolute Gasteiger partial charge is 0.497 e. The van der Waals surface area contributed by atoms with E-state index in [1.807, 2.05) is 18.2 Å². The van der Waals surface area contributed by atoms with E-state index >= 15 is 0 Å². The van der Waals surface area contributed by atoms with E-state index in [2.05, 4.69) is 10.3 Å². The van der Waals surface area contributed by atoms with Gasteiger partial charge < -0.3 is 19.2 Å². The lowest BCUT2D eigenvalue weighted by atomic mass is 10.3. The fraction of sp³-hybridized carbons (Fsp3) is 0.417. The lowest BCUT2D eigenvalue weighted by Crippen LogP contribution is -2.18. The smallest absolute Gasteiger partial charge is 0.209 e. The van der Waals surface area contributed by atoms with Gasteiger partial charge in [-0.15, -0.1) is 0 Å². The summed E-state index contributed by atoms with van der Waals surface area (Å²) in [5.41, 5.74) is 1.59. The molecular formula is C12H16N2O3. The summed E-state index contributed by atoms with van der Waals surface area (Å²) in [6.45, 7) is 2.05. The standard InChI is InChI=1S/C12H16N2O3/c1-15-6-5-13-8-12-14-10-4-3-9(16-2)7-11(10)17-12/h3-4,7,13H,5-6,8H2,1-2H3. The molecule has 0 radical (unpaired) electrons. The molecule has 0 atom stereocenters. The molecule has 0 amide bonds. The van der Waals surface area contributed by atoms with Gasteiger partial charge in [0, 0.05) is 19.7 Å².